The highest BCUT2D eigenvalue weighted by Gasteiger charge is 2.32. The molecule has 1 heterocycles. The second kappa shape index (κ2) is 10.4. The van der Waals surface area contributed by atoms with E-state index in [0.29, 0.717) is 6.54 Å². The van der Waals surface area contributed by atoms with Crippen LogP contribution in [-0.4, -0.2) is 48.9 Å². The second-order valence-corrected chi connectivity index (χ2v) is 10.1. The molecular formula is C22H37N3O2S. The molecule has 1 aliphatic rings. The van der Waals surface area contributed by atoms with Gasteiger partial charge in [-0.05, 0) is 57.9 Å². The number of nitrogens with zero attached hydrogens (tertiary/aromatic N) is 1. The maximum atomic E-state index is 6.17. The average molecular weight is 408 g/mol. The Bertz CT molecular complexity index is 644. The van der Waals surface area contributed by atoms with Crippen molar-refractivity contribution in [1.29, 1.82) is 0 Å². The van der Waals surface area contributed by atoms with Crippen LogP contribution in [0.5, 0.6) is 5.75 Å². The summed E-state index contributed by atoms with van der Waals surface area (Å²) in [5, 5.41) is 6.98. The molecule has 1 aromatic carbocycles. The Morgan fingerprint density at radius 1 is 1.25 bits per heavy atom. The summed E-state index contributed by atoms with van der Waals surface area (Å²) in [6.45, 7) is 13.8. The molecule has 1 fully saturated rings. The molecule has 1 aromatic rings. The zero-order valence-corrected chi connectivity index (χ0v) is 19.2. The van der Waals surface area contributed by atoms with Gasteiger partial charge in [-0.1, -0.05) is 19.1 Å². The molecule has 158 valence electrons. The van der Waals surface area contributed by atoms with E-state index in [9.17, 15) is 0 Å². The largest absolute Gasteiger partial charge is 0.488 e. The van der Waals surface area contributed by atoms with Gasteiger partial charge in [0.25, 0.3) is 0 Å². The van der Waals surface area contributed by atoms with Crippen molar-refractivity contribution >= 4 is 17.7 Å². The molecule has 0 radical (unpaired) electrons. The minimum atomic E-state index is -0.227. The fraction of sp³-hybridized carbons (Fsp3) is 0.682. The number of benzene rings is 1. The van der Waals surface area contributed by atoms with E-state index in [1.165, 1.54) is 5.56 Å². The van der Waals surface area contributed by atoms with E-state index in [1.807, 2.05) is 18.8 Å². The lowest BCUT2D eigenvalue weighted by Crippen LogP contribution is -2.48. The monoisotopic (exact) mass is 407 g/mol. The smallest absolute Gasteiger partial charge is 0.191 e. The van der Waals surface area contributed by atoms with Crippen molar-refractivity contribution in [2.45, 2.75) is 64.4 Å². The van der Waals surface area contributed by atoms with Crippen LogP contribution in [0.1, 0.15) is 51.7 Å². The predicted molar refractivity (Wildman–Crippen MR) is 121 cm³/mol. The van der Waals surface area contributed by atoms with Gasteiger partial charge in [0.2, 0.25) is 0 Å². The van der Waals surface area contributed by atoms with Gasteiger partial charge < -0.3 is 20.1 Å². The molecule has 1 aliphatic heterocycles. The zero-order chi connectivity index (χ0) is 20.6. The van der Waals surface area contributed by atoms with Crippen LogP contribution in [0.3, 0.4) is 0 Å². The Hall–Kier alpha value is -1.40. The van der Waals surface area contributed by atoms with Gasteiger partial charge in [-0.25, -0.2) is 0 Å². The van der Waals surface area contributed by atoms with Gasteiger partial charge in [0.05, 0.1) is 0 Å². The van der Waals surface area contributed by atoms with Crippen molar-refractivity contribution in [2.75, 3.05) is 32.6 Å². The summed E-state index contributed by atoms with van der Waals surface area (Å²) in [5.74, 6) is 2.87. The van der Waals surface area contributed by atoms with E-state index >= 15 is 0 Å². The Morgan fingerprint density at radius 3 is 2.57 bits per heavy atom. The number of thioether (sulfide) groups is 1. The Morgan fingerprint density at radius 2 is 1.96 bits per heavy atom. The van der Waals surface area contributed by atoms with Crippen LogP contribution in [0.25, 0.3) is 0 Å². The first kappa shape index (κ1) is 22.9. The number of aliphatic imine (C=N–C) groups is 1. The number of aryl methyl sites for hydroxylation is 1. The summed E-state index contributed by atoms with van der Waals surface area (Å²) < 4.78 is 12.0. The van der Waals surface area contributed by atoms with Crippen LogP contribution in [0.2, 0.25) is 0 Å². The van der Waals surface area contributed by atoms with Crippen LogP contribution in [0.15, 0.2) is 23.2 Å². The predicted octanol–water partition coefficient (Wildman–Crippen LogP) is 4.14. The van der Waals surface area contributed by atoms with Gasteiger partial charge in [0.15, 0.2) is 5.96 Å². The van der Waals surface area contributed by atoms with E-state index in [0.717, 1.165) is 55.6 Å². The summed E-state index contributed by atoms with van der Waals surface area (Å²) in [6, 6.07) is 6.36. The summed E-state index contributed by atoms with van der Waals surface area (Å²) in [4.78, 5) is 4.41. The summed E-state index contributed by atoms with van der Waals surface area (Å²) >= 11 is 2.03. The lowest BCUT2D eigenvalue weighted by molar-refractivity contribution is 0.0782. The third kappa shape index (κ3) is 7.21. The first-order valence-corrected chi connectivity index (χ1v) is 11.2. The van der Waals surface area contributed by atoms with Gasteiger partial charge in [0.1, 0.15) is 11.4 Å². The first-order chi connectivity index (χ1) is 13.3. The van der Waals surface area contributed by atoms with Crippen LogP contribution < -0.4 is 15.4 Å². The minimum absolute atomic E-state index is 0.227. The molecule has 5 nitrogen and oxygen atoms in total. The third-order valence-electron chi connectivity index (χ3n) is 4.74. The molecule has 1 saturated heterocycles. The number of guanidine groups is 1. The standard InChI is InChI=1S/C22H37N3O2S/c1-7-28-22(10-12-26-13-11-22)16-25-20(23-6)24-15-18-9-8-17(2)14-19(18)27-21(3,4)5/h8-9,14H,7,10-13,15-16H2,1-6H3,(H2,23,24,25). The van der Waals surface area contributed by atoms with E-state index in [-0.39, 0.29) is 10.3 Å². The summed E-state index contributed by atoms with van der Waals surface area (Å²) in [5.41, 5.74) is 2.10. The van der Waals surface area contributed by atoms with Crippen molar-refractivity contribution in [2.24, 2.45) is 4.99 Å². The Kier molecular flexibility index (Phi) is 8.50. The Labute approximate surface area is 175 Å². The molecule has 28 heavy (non-hydrogen) atoms. The molecule has 0 spiro atoms. The van der Waals surface area contributed by atoms with Crippen molar-refractivity contribution in [3.63, 3.8) is 0 Å². The van der Waals surface area contributed by atoms with Crippen molar-refractivity contribution in [3.8, 4) is 5.75 Å². The number of rotatable bonds is 7. The molecule has 0 aromatic heterocycles. The fourth-order valence-corrected chi connectivity index (χ4v) is 4.54. The van der Waals surface area contributed by atoms with Crippen molar-refractivity contribution < 1.29 is 9.47 Å². The van der Waals surface area contributed by atoms with E-state index in [4.69, 9.17) is 9.47 Å². The first-order valence-electron chi connectivity index (χ1n) is 10.2. The van der Waals surface area contributed by atoms with E-state index < -0.39 is 0 Å². The SMILES string of the molecule is CCSC1(CNC(=NC)NCc2ccc(C)cc2OC(C)(C)C)CCOCC1. The fourth-order valence-electron chi connectivity index (χ4n) is 3.30. The van der Waals surface area contributed by atoms with Gasteiger partial charge >= 0.3 is 0 Å². The maximum Gasteiger partial charge on any atom is 0.191 e. The van der Waals surface area contributed by atoms with Crippen molar-refractivity contribution in [1.82, 2.24) is 10.6 Å². The molecule has 0 unspecified atom stereocenters. The average Bonchev–Trinajstić information content (AvgIpc) is 2.63. The van der Waals surface area contributed by atoms with Gasteiger partial charge in [-0.15, -0.1) is 0 Å². The normalized spacial score (nSPS) is 17.3. The van der Waals surface area contributed by atoms with Crippen LogP contribution >= 0.6 is 11.8 Å². The Balaban J connectivity index is 1.98. The quantitative estimate of drug-likeness (QED) is 0.525. The molecular weight excluding hydrogens is 370 g/mol. The van der Waals surface area contributed by atoms with Gasteiger partial charge in [0, 0.05) is 43.7 Å². The highest BCUT2D eigenvalue weighted by atomic mass is 32.2. The number of nitrogens with one attached hydrogen (secondary N) is 2. The topological polar surface area (TPSA) is 54.9 Å². The van der Waals surface area contributed by atoms with E-state index in [2.05, 4.69) is 68.4 Å². The number of hydrogen-bond donors (Lipinski definition) is 2. The molecule has 0 bridgehead atoms. The molecule has 0 amide bonds. The van der Waals surface area contributed by atoms with Crippen LogP contribution in [0, 0.1) is 6.92 Å². The van der Waals surface area contributed by atoms with Gasteiger partial charge in [-0.3, -0.25) is 4.99 Å². The van der Waals surface area contributed by atoms with Gasteiger partial charge in [-0.2, -0.15) is 11.8 Å². The molecule has 0 aliphatic carbocycles. The number of ether oxygens (including phenoxy) is 2. The molecule has 2 N–H and O–H groups in total. The molecule has 0 atom stereocenters. The lowest BCUT2D eigenvalue weighted by atomic mass is 9.99. The van der Waals surface area contributed by atoms with Crippen LogP contribution in [-0.2, 0) is 11.3 Å². The van der Waals surface area contributed by atoms with Crippen molar-refractivity contribution in [3.05, 3.63) is 29.3 Å². The minimum Gasteiger partial charge on any atom is -0.488 e. The molecule has 2 rings (SSSR count). The maximum absolute atomic E-state index is 6.17. The highest BCUT2D eigenvalue weighted by molar-refractivity contribution is 8.00. The number of hydrogen-bond acceptors (Lipinski definition) is 4. The third-order valence-corrected chi connectivity index (χ3v) is 6.19. The van der Waals surface area contributed by atoms with E-state index in [1.54, 1.807) is 0 Å². The summed E-state index contributed by atoms with van der Waals surface area (Å²) in [7, 11) is 1.82. The highest BCUT2D eigenvalue weighted by Crippen LogP contribution is 2.34. The molecule has 0 saturated carbocycles. The lowest BCUT2D eigenvalue weighted by Gasteiger charge is -2.37. The zero-order valence-electron chi connectivity index (χ0n) is 18.4. The van der Waals surface area contributed by atoms with Crippen LogP contribution in [0.4, 0.5) is 0 Å². The molecule has 6 heteroatoms. The second-order valence-electron chi connectivity index (χ2n) is 8.33. The summed E-state index contributed by atoms with van der Waals surface area (Å²) in [6.07, 6.45) is 2.16.